The summed E-state index contributed by atoms with van der Waals surface area (Å²) in [7, 11) is 0. The van der Waals surface area contributed by atoms with Crippen molar-refractivity contribution in [2.75, 3.05) is 18.5 Å². The fraction of sp³-hybridized carbons (Fsp3) is 0.316. The molecule has 24 heavy (non-hydrogen) atoms. The van der Waals surface area contributed by atoms with Crippen LogP contribution in [0.5, 0.6) is 5.75 Å². The Kier molecular flexibility index (Phi) is 6.50. The Balaban J connectivity index is 1.77. The SMILES string of the molecule is Cc1c(Cl)cccc1NC(=O)NCCOc1cccc(C(C)C)c1. The summed E-state index contributed by atoms with van der Waals surface area (Å²) in [6.45, 7) is 6.97. The molecule has 0 aliphatic rings. The number of benzene rings is 2. The van der Waals surface area contributed by atoms with Gasteiger partial charge in [-0.3, -0.25) is 0 Å². The van der Waals surface area contributed by atoms with Gasteiger partial charge in [-0.2, -0.15) is 0 Å². The third kappa shape index (κ3) is 5.17. The number of urea groups is 1. The number of hydrogen-bond acceptors (Lipinski definition) is 2. The van der Waals surface area contributed by atoms with Gasteiger partial charge in [0.1, 0.15) is 12.4 Å². The molecular weight excluding hydrogens is 324 g/mol. The van der Waals surface area contributed by atoms with E-state index in [0.29, 0.717) is 29.8 Å². The molecule has 0 saturated carbocycles. The Bertz CT molecular complexity index is 702. The van der Waals surface area contributed by atoms with E-state index in [1.54, 1.807) is 12.1 Å². The zero-order chi connectivity index (χ0) is 17.5. The van der Waals surface area contributed by atoms with Gasteiger partial charge >= 0.3 is 6.03 Å². The lowest BCUT2D eigenvalue weighted by atomic mass is 10.0. The van der Waals surface area contributed by atoms with Gasteiger partial charge in [-0.1, -0.05) is 43.6 Å². The first kappa shape index (κ1) is 18.1. The topological polar surface area (TPSA) is 50.4 Å². The molecule has 0 radical (unpaired) electrons. The van der Waals surface area contributed by atoms with E-state index in [4.69, 9.17) is 16.3 Å². The second-order valence-electron chi connectivity index (χ2n) is 5.87. The van der Waals surface area contributed by atoms with Crippen molar-refractivity contribution in [1.82, 2.24) is 5.32 Å². The summed E-state index contributed by atoms with van der Waals surface area (Å²) in [4.78, 5) is 11.9. The minimum Gasteiger partial charge on any atom is -0.492 e. The largest absolute Gasteiger partial charge is 0.492 e. The molecule has 0 aliphatic heterocycles. The summed E-state index contributed by atoms with van der Waals surface area (Å²) >= 11 is 6.04. The van der Waals surface area contributed by atoms with Crippen molar-refractivity contribution in [1.29, 1.82) is 0 Å². The number of rotatable bonds is 6. The molecule has 0 bridgehead atoms. The molecule has 0 atom stereocenters. The lowest BCUT2D eigenvalue weighted by Gasteiger charge is -2.12. The molecule has 2 aromatic carbocycles. The smallest absolute Gasteiger partial charge is 0.319 e. The Morgan fingerprint density at radius 2 is 1.96 bits per heavy atom. The maximum atomic E-state index is 11.9. The van der Waals surface area contributed by atoms with Gasteiger partial charge < -0.3 is 15.4 Å². The molecule has 2 N–H and O–H groups in total. The first-order chi connectivity index (χ1) is 11.5. The molecule has 0 spiro atoms. The van der Waals surface area contributed by atoms with Gasteiger partial charge in [-0.05, 0) is 48.2 Å². The molecule has 0 fully saturated rings. The Labute approximate surface area is 148 Å². The summed E-state index contributed by atoms with van der Waals surface area (Å²) in [5, 5.41) is 6.18. The van der Waals surface area contributed by atoms with E-state index in [-0.39, 0.29) is 6.03 Å². The van der Waals surface area contributed by atoms with Crippen molar-refractivity contribution < 1.29 is 9.53 Å². The lowest BCUT2D eigenvalue weighted by molar-refractivity contribution is 0.247. The normalized spacial score (nSPS) is 10.5. The van der Waals surface area contributed by atoms with Gasteiger partial charge in [-0.15, -0.1) is 0 Å². The molecule has 2 aromatic rings. The zero-order valence-corrected chi connectivity index (χ0v) is 15.0. The number of anilines is 1. The third-order valence-corrected chi connectivity index (χ3v) is 4.11. The fourth-order valence-corrected chi connectivity index (χ4v) is 2.38. The van der Waals surface area contributed by atoms with Crippen LogP contribution in [0.1, 0.15) is 30.9 Å². The summed E-state index contributed by atoms with van der Waals surface area (Å²) in [5.74, 6) is 1.27. The van der Waals surface area contributed by atoms with Crippen molar-refractivity contribution >= 4 is 23.3 Å². The van der Waals surface area contributed by atoms with Crippen LogP contribution >= 0.6 is 11.6 Å². The Morgan fingerprint density at radius 3 is 2.71 bits per heavy atom. The molecule has 2 amide bonds. The highest BCUT2D eigenvalue weighted by Gasteiger charge is 2.06. The van der Waals surface area contributed by atoms with E-state index in [2.05, 4.69) is 30.5 Å². The highest BCUT2D eigenvalue weighted by molar-refractivity contribution is 6.31. The van der Waals surface area contributed by atoms with Gasteiger partial charge in [0, 0.05) is 10.7 Å². The second kappa shape index (κ2) is 8.60. The fourth-order valence-electron chi connectivity index (χ4n) is 2.21. The molecule has 5 heteroatoms. The molecule has 0 unspecified atom stereocenters. The van der Waals surface area contributed by atoms with E-state index in [1.807, 2.05) is 31.2 Å². The minimum atomic E-state index is -0.278. The highest BCUT2D eigenvalue weighted by Crippen LogP contribution is 2.22. The van der Waals surface area contributed by atoms with Crippen LogP contribution in [0.3, 0.4) is 0 Å². The van der Waals surface area contributed by atoms with Crippen LogP contribution in [0.25, 0.3) is 0 Å². The summed E-state index contributed by atoms with van der Waals surface area (Å²) in [5.41, 5.74) is 2.77. The number of nitrogens with one attached hydrogen (secondary N) is 2. The molecule has 4 nitrogen and oxygen atoms in total. The van der Waals surface area contributed by atoms with E-state index >= 15 is 0 Å². The van der Waals surface area contributed by atoms with Crippen LogP contribution in [-0.2, 0) is 0 Å². The number of amides is 2. The lowest BCUT2D eigenvalue weighted by Crippen LogP contribution is -2.32. The molecule has 0 aliphatic carbocycles. The van der Waals surface area contributed by atoms with Crippen LogP contribution < -0.4 is 15.4 Å². The number of carbonyl (C=O) groups excluding carboxylic acids is 1. The second-order valence-corrected chi connectivity index (χ2v) is 6.28. The number of halogens is 1. The molecule has 128 valence electrons. The van der Waals surface area contributed by atoms with Crippen molar-refractivity contribution in [3.8, 4) is 5.75 Å². The predicted molar refractivity (Wildman–Crippen MR) is 99.2 cm³/mol. The van der Waals surface area contributed by atoms with Crippen LogP contribution in [0.4, 0.5) is 10.5 Å². The summed E-state index contributed by atoms with van der Waals surface area (Å²) < 4.78 is 5.68. The van der Waals surface area contributed by atoms with Gasteiger partial charge in [0.25, 0.3) is 0 Å². The number of ether oxygens (including phenoxy) is 1. The van der Waals surface area contributed by atoms with Crippen LogP contribution in [-0.4, -0.2) is 19.2 Å². The van der Waals surface area contributed by atoms with Crippen molar-refractivity contribution in [2.45, 2.75) is 26.7 Å². The van der Waals surface area contributed by atoms with Crippen LogP contribution in [0.2, 0.25) is 5.02 Å². The monoisotopic (exact) mass is 346 g/mol. The first-order valence-corrected chi connectivity index (χ1v) is 8.38. The van der Waals surface area contributed by atoms with Crippen LogP contribution in [0, 0.1) is 6.92 Å². The highest BCUT2D eigenvalue weighted by atomic mass is 35.5. The van der Waals surface area contributed by atoms with E-state index in [0.717, 1.165) is 11.3 Å². The van der Waals surface area contributed by atoms with E-state index in [1.165, 1.54) is 5.56 Å². The third-order valence-electron chi connectivity index (χ3n) is 3.70. The first-order valence-electron chi connectivity index (χ1n) is 8.00. The van der Waals surface area contributed by atoms with Crippen LogP contribution in [0.15, 0.2) is 42.5 Å². The van der Waals surface area contributed by atoms with Crippen molar-refractivity contribution in [3.05, 3.63) is 58.6 Å². The van der Waals surface area contributed by atoms with E-state index < -0.39 is 0 Å². The minimum absolute atomic E-state index is 0.278. The number of carbonyl (C=O) groups is 1. The Morgan fingerprint density at radius 1 is 1.21 bits per heavy atom. The molecule has 2 rings (SSSR count). The maximum absolute atomic E-state index is 11.9. The average Bonchev–Trinajstić information content (AvgIpc) is 2.56. The summed E-state index contributed by atoms with van der Waals surface area (Å²) in [6.07, 6.45) is 0. The molecular formula is C19H23ClN2O2. The molecule has 0 aromatic heterocycles. The summed E-state index contributed by atoms with van der Waals surface area (Å²) in [6, 6.07) is 13.1. The quantitative estimate of drug-likeness (QED) is 0.725. The van der Waals surface area contributed by atoms with Gasteiger partial charge in [0.05, 0.1) is 6.54 Å². The van der Waals surface area contributed by atoms with E-state index in [9.17, 15) is 4.79 Å². The number of hydrogen-bond donors (Lipinski definition) is 2. The van der Waals surface area contributed by atoms with Crippen molar-refractivity contribution in [3.63, 3.8) is 0 Å². The van der Waals surface area contributed by atoms with Gasteiger partial charge in [0.2, 0.25) is 0 Å². The van der Waals surface area contributed by atoms with Gasteiger partial charge in [0.15, 0.2) is 0 Å². The molecule has 0 saturated heterocycles. The molecule has 0 heterocycles. The van der Waals surface area contributed by atoms with Gasteiger partial charge in [-0.25, -0.2) is 4.79 Å². The predicted octanol–water partition coefficient (Wildman–Crippen LogP) is 4.97. The average molecular weight is 347 g/mol. The zero-order valence-electron chi connectivity index (χ0n) is 14.2. The maximum Gasteiger partial charge on any atom is 0.319 e. The van der Waals surface area contributed by atoms with Crippen molar-refractivity contribution in [2.24, 2.45) is 0 Å². The standard InChI is InChI=1S/C19H23ClN2O2/c1-13(2)15-6-4-7-16(12-15)24-11-10-21-19(23)22-18-9-5-8-17(20)14(18)3/h4-9,12-13H,10-11H2,1-3H3,(H2,21,22,23). The Hall–Kier alpha value is -2.20.